The van der Waals surface area contributed by atoms with E-state index in [4.69, 9.17) is 0 Å². The van der Waals surface area contributed by atoms with E-state index in [1.165, 1.54) is 24.3 Å². The Morgan fingerprint density at radius 3 is 2.50 bits per heavy atom. The summed E-state index contributed by atoms with van der Waals surface area (Å²) in [5, 5.41) is 3.08. The van der Waals surface area contributed by atoms with Crippen molar-refractivity contribution in [1.29, 1.82) is 0 Å². The molecule has 0 aromatic heterocycles. The minimum absolute atomic E-state index is 0.194. The van der Waals surface area contributed by atoms with Crippen molar-refractivity contribution < 1.29 is 13.2 Å². The van der Waals surface area contributed by atoms with E-state index < -0.39 is 23.5 Å². The van der Waals surface area contributed by atoms with Crippen LogP contribution in [0.25, 0.3) is 0 Å². The highest BCUT2D eigenvalue weighted by Crippen LogP contribution is 2.31. The topological polar surface area (TPSA) is 12.0 Å². The molecular formula is C15H13BrF3N. The van der Waals surface area contributed by atoms with Crippen molar-refractivity contribution in [3.63, 3.8) is 0 Å². The average Bonchev–Trinajstić information content (AvgIpc) is 2.40. The van der Waals surface area contributed by atoms with Crippen LogP contribution in [-0.4, -0.2) is 6.54 Å². The van der Waals surface area contributed by atoms with Gasteiger partial charge >= 0.3 is 0 Å². The molecule has 2 aromatic carbocycles. The summed E-state index contributed by atoms with van der Waals surface area (Å²) in [6.45, 7) is 2.42. The zero-order valence-electron chi connectivity index (χ0n) is 10.8. The summed E-state index contributed by atoms with van der Waals surface area (Å²) in [5.41, 5.74) is 0.844. The standard InChI is InChI=1S/C15H13BrF3N/c1-2-20-15(10-7-6-9(17)8-12(10)16)11-4-3-5-13(18)14(11)19/h3-8,15,20H,2H2,1H3. The number of hydrogen-bond acceptors (Lipinski definition) is 1. The van der Waals surface area contributed by atoms with E-state index in [2.05, 4.69) is 21.2 Å². The zero-order valence-corrected chi connectivity index (χ0v) is 12.3. The number of nitrogens with one attached hydrogen (secondary N) is 1. The Hall–Kier alpha value is -1.33. The third-order valence-corrected chi connectivity index (χ3v) is 3.66. The molecule has 0 heterocycles. The van der Waals surface area contributed by atoms with E-state index in [1.54, 1.807) is 6.07 Å². The fraction of sp³-hybridized carbons (Fsp3) is 0.200. The van der Waals surface area contributed by atoms with Crippen LogP contribution in [0, 0.1) is 17.5 Å². The van der Waals surface area contributed by atoms with Gasteiger partial charge in [-0.25, -0.2) is 13.2 Å². The Bertz CT molecular complexity index is 616. The first-order valence-corrected chi connectivity index (χ1v) is 6.96. The molecule has 0 bridgehead atoms. The van der Waals surface area contributed by atoms with Gasteiger partial charge in [0.25, 0.3) is 0 Å². The molecule has 0 radical (unpaired) electrons. The molecule has 0 fully saturated rings. The van der Waals surface area contributed by atoms with Crippen LogP contribution in [0.5, 0.6) is 0 Å². The maximum Gasteiger partial charge on any atom is 0.163 e. The van der Waals surface area contributed by atoms with E-state index in [1.807, 2.05) is 6.92 Å². The molecule has 0 aliphatic rings. The lowest BCUT2D eigenvalue weighted by atomic mass is 9.98. The van der Waals surface area contributed by atoms with Gasteiger partial charge in [0.1, 0.15) is 5.82 Å². The van der Waals surface area contributed by atoms with E-state index in [9.17, 15) is 13.2 Å². The van der Waals surface area contributed by atoms with Crippen molar-refractivity contribution in [2.24, 2.45) is 0 Å². The van der Waals surface area contributed by atoms with Crippen molar-refractivity contribution >= 4 is 15.9 Å². The van der Waals surface area contributed by atoms with Crippen LogP contribution in [-0.2, 0) is 0 Å². The third-order valence-electron chi connectivity index (χ3n) is 2.97. The van der Waals surface area contributed by atoms with Crippen molar-refractivity contribution in [3.8, 4) is 0 Å². The van der Waals surface area contributed by atoms with Gasteiger partial charge in [-0.1, -0.05) is 41.1 Å². The molecule has 20 heavy (non-hydrogen) atoms. The summed E-state index contributed by atoms with van der Waals surface area (Å²) in [6.07, 6.45) is 0. The van der Waals surface area contributed by atoms with Crippen LogP contribution in [0.1, 0.15) is 24.1 Å². The second kappa shape index (κ2) is 6.41. The summed E-state index contributed by atoms with van der Waals surface area (Å²) in [7, 11) is 0. The molecular weight excluding hydrogens is 331 g/mol. The predicted molar refractivity (Wildman–Crippen MR) is 76.0 cm³/mol. The normalized spacial score (nSPS) is 12.4. The molecule has 0 aliphatic heterocycles. The van der Waals surface area contributed by atoms with Crippen molar-refractivity contribution in [1.82, 2.24) is 5.32 Å². The first kappa shape index (κ1) is 15.1. The highest BCUT2D eigenvalue weighted by molar-refractivity contribution is 9.10. The molecule has 0 amide bonds. The molecule has 1 nitrogen and oxygen atoms in total. The van der Waals surface area contributed by atoms with E-state index in [0.717, 1.165) is 6.07 Å². The van der Waals surface area contributed by atoms with Crippen LogP contribution >= 0.6 is 15.9 Å². The Labute approximate surface area is 123 Å². The van der Waals surface area contributed by atoms with Crippen LogP contribution in [0.15, 0.2) is 40.9 Å². The smallest absolute Gasteiger partial charge is 0.163 e. The minimum atomic E-state index is -0.899. The molecule has 2 rings (SSSR count). The summed E-state index contributed by atoms with van der Waals surface area (Å²) in [5.74, 6) is -2.19. The van der Waals surface area contributed by atoms with Crippen LogP contribution < -0.4 is 5.32 Å². The lowest BCUT2D eigenvalue weighted by Crippen LogP contribution is -2.23. The van der Waals surface area contributed by atoms with Gasteiger partial charge in [-0.15, -0.1) is 0 Å². The summed E-state index contributed by atoms with van der Waals surface area (Å²) < 4.78 is 41.0. The fourth-order valence-corrected chi connectivity index (χ4v) is 2.65. The lowest BCUT2D eigenvalue weighted by Gasteiger charge is -2.21. The monoisotopic (exact) mass is 343 g/mol. The Balaban J connectivity index is 2.53. The van der Waals surface area contributed by atoms with E-state index in [-0.39, 0.29) is 5.56 Å². The van der Waals surface area contributed by atoms with Gasteiger partial charge in [0.05, 0.1) is 6.04 Å². The van der Waals surface area contributed by atoms with Gasteiger partial charge in [-0.2, -0.15) is 0 Å². The summed E-state index contributed by atoms with van der Waals surface area (Å²) >= 11 is 3.26. The Morgan fingerprint density at radius 1 is 1.10 bits per heavy atom. The van der Waals surface area contributed by atoms with Gasteiger partial charge in [0, 0.05) is 10.0 Å². The number of hydrogen-bond donors (Lipinski definition) is 1. The SMILES string of the molecule is CCNC(c1ccc(F)cc1Br)c1cccc(F)c1F. The zero-order chi connectivity index (χ0) is 14.7. The van der Waals surface area contributed by atoms with Crippen LogP contribution in [0.3, 0.4) is 0 Å². The van der Waals surface area contributed by atoms with Gasteiger partial charge in [-0.05, 0) is 30.3 Å². The highest BCUT2D eigenvalue weighted by atomic mass is 79.9. The van der Waals surface area contributed by atoms with E-state index in [0.29, 0.717) is 16.6 Å². The van der Waals surface area contributed by atoms with Crippen LogP contribution in [0.2, 0.25) is 0 Å². The predicted octanol–water partition coefficient (Wildman–Crippen LogP) is 4.57. The lowest BCUT2D eigenvalue weighted by molar-refractivity contribution is 0.482. The molecule has 0 aliphatic carbocycles. The molecule has 106 valence electrons. The van der Waals surface area contributed by atoms with Gasteiger partial charge in [-0.3, -0.25) is 0 Å². The molecule has 1 N–H and O–H groups in total. The maximum atomic E-state index is 14.0. The first-order chi connectivity index (χ1) is 9.54. The second-order valence-electron chi connectivity index (χ2n) is 4.30. The van der Waals surface area contributed by atoms with Gasteiger partial charge in [0.2, 0.25) is 0 Å². The molecule has 0 spiro atoms. The quantitative estimate of drug-likeness (QED) is 0.857. The first-order valence-electron chi connectivity index (χ1n) is 6.16. The molecule has 0 saturated carbocycles. The van der Waals surface area contributed by atoms with E-state index >= 15 is 0 Å². The van der Waals surface area contributed by atoms with Crippen molar-refractivity contribution in [2.75, 3.05) is 6.54 Å². The number of benzene rings is 2. The molecule has 0 saturated heterocycles. The number of halogens is 4. The third kappa shape index (κ3) is 3.04. The van der Waals surface area contributed by atoms with Gasteiger partial charge in [0.15, 0.2) is 11.6 Å². The van der Waals surface area contributed by atoms with Gasteiger partial charge < -0.3 is 5.32 Å². The largest absolute Gasteiger partial charge is 0.306 e. The summed E-state index contributed by atoms with van der Waals surface area (Å²) in [4.78, 5) is 0. The highest BCUT2D eigenvalue weighted by Gasteiger charge is 2.21. The Morgan fingerprint density at radius 2 is 1.85 bits per heavy atom. The second-order valence-corrected chi connectivity index (χ2v) is 5.15. The van der Waals surface area contributed by atoms with Crippen LogP contribution in [0.4, 0.5) is 13.2 Å². The number of rotatable bonds is 4. The molecule has 1 atom stereocenters. The minimum Gasteiger partial charge on any atom is -0.306 e. The molecule has 5 heteroatoms. The molecule has 2 aromatic rings. The average molecular weight is 344 g/mol. The summed E-state index contributed by atoms with van der Waals surface area (Å²) in [6, 6.07) is 7.64. The molecule has 1 unspecified atom stereocenters. The fourth-order valence-electron chi connectivity index (χ4n) is 2.07. The van der Waals surface area contributed by atoms with Crippen molar-refractivity contribution in [2.45, 2.75) is 13.0 Å². The van der Waals surface area contributed by atoms with Crippen molar-refractivity contribution in [3.05, 3.63) is 69.4 Å². The Kier molecular flexibility index (Phi) is 4.83. The maximum absolute atomic E-state index is 14.0.